The molecule has 1 unspecified atom stereocenters. The molecule has 1 rings (SSSR count). The lowest BCUT2D eigenvalue weighted by atomic mass is 9.84. The van der Waals surface area contributed by atoms with Gasteiger partial charge in [-0.1, -0.05) is 25.5 Å². The van der Waals surface area contributed by atoms with E-state index in [1.807, 2.05) is 6.92 Å². The lowest BCUT2D eigenvalue weighted by Gasteiger charge is -2.20. The van der Waals surface area contributed by atoms with Gasteiger partial charge in [0.1, 0.15) is 5.78 Å². The maximum Gasteiger partial charge on any atom is 0.139 e. The molecule has 1 aliphatic carbocycles. The standard InChI is InChI=1S/C10H16O/c1-3-5-9-6-4-7-10(11)8(9)2/h5,8H,3-4,6-7H2,1-2H3/b9-5+. The van der Waals surface area contributed by atoms with E-state index in [9.17, 15) is 4.79 Å². The predicted octanol–water partition coefficient (Wildman–Crippen LogP) is 2.71. The van der Waals surface area contributed by atoms with Crippen LogP contribution in [0.2, 0.25) is 0 Å². The summed E-state index contributed by atoms with van der Waals surface area (Å²) in [4.78, 5) is 11.2. The highest BCUT2D eigenvalue weighted by Gasteiger charge is 2.21. The first-order valence-corrected chi connectivity index (χ1v) is 4.47. The molecule has 0 spiro atoms. The van der Waals surface area contributed by atoms with Gasteiger partial charge in [-0.05, 0) is 19.3 Å². The van der Waals surface area contributed by atoms with Gasteiger partial charge in [-0.2, -0.15) is 0 Å². The second-order valence-corrected chi connectivity index (χ2v) is 3.23. The second kappa shape index (κ2) is 3.70. The molecule has 1 aliphatic rings. The van der Waals surface area contributed by atoms with Crippen molar-refractivity contribution in [3.05, 3.63) is 11.6 Å². The number of Topliss-reactive ketones (excluding diaryl/α,β-unsaturated/α-hetero) is 1. The first kappa shape index (κ1) is 8.51. The van der Waals surface area contributed by atoms with Crippen LogP contribution in [-0.2, 0) is 4.79 Å². The number of ketones is 1. The molecule has 0 N–H and O–H groups in total. The Hall–Kier alpha value is -0.590. The summed E-state index contributed by atoms with van der Waals surface area (Å²) in [5, 5.41) is 0. The Morgan fingerprint density at radius 3 is 2.91 bits per heavy atom. The van der Waals surface area contributed by atoms with Crippen molar-refractivity contribution in [3.8, 4) is 0 Å². The Morgan fingerprint density at radius 2 is 2.27 bits per heavy atom. The van der Waals surface area contributed by atoms with E-state index >= 15 is 0 Å². The Balaban J connectivity index is 2.65. The molecule has 11 heavy (non-hydrogen) atoms. The Kier molecular flexibility index (Phi) is 2.86. The van der Waals surface area contributed by atoms with Crippen LogP contribution >= 0.6 is 0 Å². The van der Waals surface area contributed by atoms with E-state index in [2.05, 4.69) is 13.0 Å². The zero-order valence-corrected chi connectivity index (χ0v) is 7.39. The molecule has 0 heterocycles. The number of rotatable bonds is 1. The van der Waals surface area contributed by atoms with E-state index in [4.69, 9.17) is 0 Å². The minimum Gasteiger partial charge on any atom is -0.299 e. The smallest absolute Gasteiger partial charge is 0.139 e. The minimum absolute atomic E-state index is 0.212. The first-order valence-electron chi connectivity index (χ1n) is 4.47. The largest absolute Gasteiger partial charge is 0.299 e. The van der Waals surface area contributed by atoms with Crippen LogP contribution in [0.1, 0.15) is 39.5 Å². The van der Waals surface area contributed by atoms with Crippen molar-refractivity contribution in [3.63, 3.8) is 0 Å². The average Bonchev–Trinajstić information content (AvgIpc) is 1.99. The molecule has 62 valence electrons. The highest BCUT2D eigenvalue weighted by molar-refractivity contribution is 5.84. The zero-order valence-electron chi connectivity index (χ0n) is 7.39. The molecule has 0 aromatic rings. The van der Waals surface area contributed by atoms with Gasteiger partial charge >= 0.3 is 0 Å². The first-order chi connectivity index (χ1) is 5.25. The molecule has 0 aliphatic heterocycles. The molecule has 0 aromatic heterocycles. The van der Waals surface area contributed by atoms with Gasteiger partial charge in [-0.3, -0.25) is 4.79 Å². The number of hydrogen-bond acceptors (Lipinski definition) is 1. The number of carbonyl (C=O) groups excluding carboxylic acids is 1. The number of hydrogen-bond donors (Lipinski definition) is 0. The average molecular weight is 152 g/mol. The fourth-order valence-electron chi connectivity index (χ4n) is 1.65. The molecule has 0 saturated heterocycles. The Bertz CT molecular complexity index is 179. The van der Waals surface area contributed by atoms with Crippen LogP contribution in [0.3, 0.4) is 0 Å². The monoisotopic (exact) mass is 152 g/mol. The minimum atomic E-state index is 0.212. The highest BCUT2D eigenvalue weighted by atomic mass is 16.1. The van der Waals surface area contributed by atoms with Gasteiger partial charge in [0.05, 0.1) is 0 Å². The predicted molar refractivity (Wildman–Crippen MR) is 46.4 cm³/mol. The summed E-state index contributed by atoms with van der Waals surface area (Å²) in [5.74, 6) is 0.639. The van der Waals surface area contributed by atoms with Gasteiger partial charge in [0, 0.05) is 12.3 Å². The third kappa shape index (κ3) is 1.92. The van der Waals surface area contributed by atoms with Crippen LogP contribution < -0.4 is 0 Å². The fourth-order valence-corrected chi connectivity index (χ4v) is 1.65. The molecular formula is C10H16O. The van der Waals surface area contributed by atoms with Crippen LogP contribution in [0, 0.1) is 5.92 Å². The van der Waals surface area contributed by atoms with Crippen molar-refractivity contribution in [1.82, 2.24) is 0 Å². The van der Waals surface area contributed by atoms with Crippen molar-refractivity contribution >= 4 is 5.78 Å². The fraction of sp³-hybridized carbons (Fsp3) is 0.700. The molecule has 1 nitrogen and oxygen atoms in total. The quantitative estimate of drug-likeness (QED) is 0.528. The molecule has 1 heteroatoms. The van der Waals surface area contributed by atoms with E-state index in [1.54, 1.807) is 0 Å². The summed E-state index contributed by atoms with van der Waals surface area (Å²) in [6, 6.07) is 0. The van der Waals surface area contributed by atoms with E-state index in [0.29, 0.717) is 5.78 Å². The summed E-state index contributed by atoms with van der Waals surface area (Å²) >= 11 is 0. The van der Waals surface area contributed by atoms with Crippen LogP contribution in [0.15, 0.2) is 11.6 Å². The van der Waals surface area contributed by atoms with Gasteiger partial charge in [-0.25, -0.2) is 0 Å². The number of allylic oxidation sites excluding steroid dienone is 2. The molecule has 0 amide bonds. The molecule has 0 radical (unpaired) electrons. The van der Waals surface area contributed by atoms with Crippen LogP contribution in [0.4, 0.5) is 0 Å². The lowest BCUT2D eigenvalue weighted by molar-refractivity contribution is -0.122. The number of carbonyl (C=O) groups is 1. The van der Waals surface area contributed by atoms with Crippen molar-refractivity contribution in [2.45, 2.75) is 39.5 Å². The molecule has 1 fully saturated rings. The zero-order chi connectivity index (χ0) is 8.27. The lowest BCUT2D eigenvalue weighted by Crippen LogP contribution is -2.18. The third-order valence-electron chi connectivity index (χ3n) is 2.39. The van der Waals surface area contributed by atoms with Gasteiger partial charge in [0.2, 0.25) is 0 Å². The van der Waals surface area contributed by atoms with Gasteiger partial charge in [-0.15, -0.1) is 0 Å². The van der Waals surface area contributed by atoms with Crippen molar-refractivity contribution in [2.75, 3.05) is 0 Å². The van der Waals surface area contributed by atoms with Crippen molar-refractivity contribution in [1.29, 1.82) is 0 Å². The second-order valence-electron chi connectivity index (χ2n) is 3.23. The summed E-state index contributed by atoms with van der Waals surface area (Å²) in [5.41, 5.74) is 1.36. The summed E-state index contributed by atoms with van der Waals surface area (Å²) in [6.45, 7) is 4.15. The summed E-state index contributed by atoms with van der Waals surface area (Å²) < 4.78 is 0. The SMILES string of the molecule is CC/C=C1\CCCC(=O)C1C. The summed E-state index contributed by atoms with van der Waals surface area (Å²) in [6.07, 6.45) is 6.27. The van der Waals surface area contributed by atoms with E-state index in [-0.39, 0.29) is 5.92 Å². The molecule has 1 saturated carbocycles. The van der Waals surface area contributed by atoms with Gasteiger partial charge in [0.15, 0.2) is 0 Å². The van der Waals surface area contributed by atoms with E-state index < -0.39 is 0 Å². The van der Waals surface area contributed by atoms with Gasteiger partial charge in [0.25, 0.3) is 0 Å². The van der Waals surface area contributed by atoms with Gasteiger partial charge < -0.3 is 0 Å². The maximum atomic E-state index is 11.2. The third-order valence-corrected chi connectivity index (χ3v) is 2.39. The molecule has 1 atom stereocenters. The topological polar surface area (TPSA) is 17.1 Å². The van der Waals surface area contributed by atoms with Crippen LogP contribution in [0.25, 0.3) is 0 Å². The highest BCUT2D eigenvalue weighted by Crippen LogP contribution is 2.26. The summed E-state index contributed by atoms with van der Waals surface area (Å²) in [7, 11) is 0. The van der Waals surface area contributed by atoms with E-state index in [0.717, 1.165) is 25.7 Å². The molecule has 0 aromatic carbocycles. The Morgan fingerprint density at radius 1 is 1.55 bits per heavy atom. The van der Waals surface area contributed by atoms with Crippen LogP contribution in [0.5, 0.6) is 0 Å². The van der Waals surface area contributed by atoms with Crippen LogP contribution in [-0.4, -0.2) is 5.78 Å². The van der Waals surface area contributed by atoms with E-state index in [1.165, 1.54) is 5.57 Å². The normalized spacial score (nSPS) is 29.5. The molecule has 0 bridgehead atoms. The Labute approximate surface area is 68.5 Å². The van der Waals surface area contributed by atoms with Crippen molar-refractivity contribution < 1.29 is 4.79 Å². The molecular weight excluding hydrogens is 136 g/mol. The van der Waals surface area contributed by atoms with Crippen molar-refractivity contribution in [2.24, 2.45) is 5.92 Å². The maximum absolute atomic E-state index is 11.2.